The van der Waals surface area contributed by atoms with Crippen molar-refractivity contribution in [3.8, 4) is 22.3 Å². The van der Waals surface area contributed by atoms with E-state index in [2.05, 4.69) is 203 Å². The number of anilines is 3. The highest BCUT2D eigenvalue weighted by Crippen LogP contribution is 2.59. The number of para-hydroxylation sites is 2. The third kappa shape index (κ3) is 4.63. The van der Waals surface area contributed by atoms with Crippen molar-refractivity contribution in [3.63, 3.8) is 0 Å². The Bertz CT molecular complexity index is 2720. The van der Waals surface area contributed by atoms with Crippen molar-refractivity contribution in [2.45, 2.75) is 5.41 Å². The molecule has 9 aromatic rings. The number of benzene rings is 8. The Morgan fingerprint density at radius 2 is 0.942 bits per heavy atom. The van der Waals surface area contributed by atoms with Gasteiger partial charge in [-0.25, -0.2) is 0 Å². The van der Waals surface area contributed by atoms with Gasteiger partial charge in [-0.05, 0) is 87.0 Å². The van der Waals surface area contributed by atoms with Gasteiger partial charge in [-0.3, -0.25) is 0 Å². The molecule has 0 amide bonds. The Hall–Kier alpha value is -6.16. The average molecular weight is 731 g/mol. The molecule has 1 aromatic heterocycles. The second-order valence-electron chi connectivity index (χ2n) is 13.4. The maximum atomic E-state index is 6.49. The van der Waals surface area contributed by atoms with Crippen molar-refractivity contribution in [1.82, 2.24) is 0 Å². The topological polar surface area (TPSA) is 16.4 Å². The number of hydrogen-bond acceptors (Lipinski definition) is 2. The van der Waals surface area contributed by atoms with Crippen molar-refractivity contribution in [1.29, 1.82) is 0 Å². The van der Waals surface area contributed by atoms with Crippen molar-refractivity contribution in [2.24, 2.45) is 0 Å². The number of hydrogen-bond donors (Lipinski definition) is 0. The molecule has 1 heterocycles. The first kappa shape index (κ1) is 30.6. The number of nitrogens with zero attached hydrogens (tertiary/aromatic N) is 1. The molecule has 246 valence electrons. The van der Waals surface area contributed by atoms with Crippen molar-refractivity contribution < 1.29 is 4.42 Å². The van der Waals surface area contributed by atoms with E-state index in [9.17, 15) is 0 Å². The summed E-state index contributed by atoms with van der Waals surface area (Å²) < 4.78 is 7.56. The minimum absolute atomic E-state index is 0.616. The van der Waals surface area contributed by atoms with Crippen LogP contribution in [0.1, 0.15) is 22.3 Å². The van der Waals surface area contributed by atoms with Gasteiger partial charge in [-0.15, -0.1) is 0 Å². The van der Waals surface area contributed by atoms with E-state index < -0.39 is 5.41 Å². The van der Waals surface area contributed by atoms with Gasteiger partial charge in [0, 0.05) is 32.7 Å². The highest BCUT2D eigenvalue weighted by Gasteiger charge is 2.48. The fourth-order valence-corrected chi connectivity index (χ4v) is 9.01. The highest BCUT2D eigenvalue weighted by molar-refractivity contribution is 9.10. The van der Waals surface area contributed by atoms with Crippen LogP contribution in [0.25, 0.3) is 44.2 Å². The monoisotopic (exact) mass is 729 g/mol. The van der Waals surface area contributed by atoms with Crippen LogP contribution in [-0.4, -0.2) is 0 Å². The Labute approximate surface area is 311 Å². The molecule has 1 aliphatic rings. The summed E-state index contributed by atoms with van der Waals surface area (Å²) >= 11 is 4.04. The van der Waals surface area contributed by atoms with Crippen LogP contribution in [0.4, 0.5) is 17.1 Å². The molecule has 52 heavy (non-hydrogen) atoms. The predicted octanol–water partition coefficient (Wildman–Crippen LogP) is 13.8. The van der Waals surface area contributed by atoms with E-state index in [1.807, 2.05) is 12.1 Å². The lowest BCUT2D eigenvalue weighted by molar-refractivity contribution is 0.669. The lowest BCUT2D eigenvalue weighted by Gasteiger charge is -2.38. The van der Waals surface area contributed by atoms with E-state index in [1.54, 1.807) is 0 Å². The lowest BCUT2D eigenvalue weighted by Crippen LogP contribution is -2.31. The molecular weight excluding hydrogens is 698 g/mol. The van der Waals surface area contributed by atoms with E-state index in [0.29, 0.717) is 0 Å². The highest BCUT2D eigenvalue weighted by atomic mass is 79.9. The Balaban J connectivity index is 1.27. The average Bonchev–Trinajstić information content (AvgIpc) is 3.73. The standard InChI is InChI=1S/C49H32BrNO/c50-45-23-11-9-21-43(45)49(41-19-7-4-16-37(41)38-17-5-8-20-42(38)49)44-22-10-12-24-46(44)51(35-28-26-34(27-29-35)33-14-2-1-3-15-33)36-30-31-40-39-18-6-13-25-47(39)52-48(40)32-36/h1-32H. The predicted molar refractivity (Wildman–Crippen MR) is 219 cm³/mol. The third-order valence-corrected chi connectivity index (χ3v) is 11.3. The van der Waals surface area contributed by atoms with Crippen LogP contribution in [-0.2, 0) is 5.41 Å². The largest absolute Gasteiger partial charge is 0.456 e. The van der Waals surface area contributed by atoms with Gasteiger partial charge in [0.25, 0.3) is 0 Å². The molecule has 0 atom stereocenters. The third-order valence-electron chi connectivity index (χ3n) is 10.6. The van der Waals surface area contributed by atoms with Gasteiger partial charge in [-0.2, -0.15) is 0 Å². The minimum Gasteiger partial charge on any atom is -0.456 e. The first-order chi connectivity index (χ1) is 25.7. The van der Waals surface area contributed by atoms with Crippen LogP contribution in [0.2, 0.25) is 0 Å². The van der Waals surface area contributed by atoms with Crippen LogP contribution in [0.5, 0.6) is 0 Å². The fraction of sp³-hybridized carbons (Fsp3) is 0.0204. The first-order valence-corrected chi connectivity index (χ1v) is 18.4. The van der Waals surface area contributed by atoms with E-state index in [4.69, 9.17) is 4.42 Å². The van der Waals surface area contributed by atoms with Gasteiger partial charge in [0.15, 0.2) is 0 Å². The zero-order valence-electron chi connectivity index (χ0n) is 28.2. The zero-order valence-corrected chi connectivity index (χ0v) is 29.8. The van der Waals surface area contributed by atoms with E-state index in [0.717, 1.165) is 43.5 Å². The summed E-state index contributed by atoms with van der Waals surface area (Å²) in [6.45, 7) is 0. The minimum atomic E-state index is -0.616. The molecule has 0 aliphatic heterocycles. The molecule has 8 aromatic carbocycles. The van der Waals surface area contributed by atoms with Crippen molar-refractivity contribution in [3.05, 3.63) is 221 Å². The van der Waals surface area contributed by atoms with Gasteiger partial charge in [-0.1, -0.05) is 162 Å². The Kier molecular flexibility index (Phi) is 7.23. The molecule has 0 unspecified atom stereocenters. The van der Waals surface area contributed by atoms with Gasteiger partial charge >= 0.3 is 0 Å². The normalized spacial score (nSPS) is 12.9. The number of rotatable bonds is 6. The van der Waals surface area contributed by atoms with Gasteiger partial charge in [0.1, 0.15) is 11.2 Å². The summed E-state index contributed by atoms with van der Waals surface area (Å²) in [4.78, 5) is 2.40. The summed E-state index contributed by atoms with van der Waals surface area (Å²) in [5.41, 5.74) is 14.1. The molecular formula is C49H32BrNO. The molecule has 10 rings (SSSR count). The molecule has 3 heteroatoms. The number of halogens is 1. The van der Waals surface area contributed by atoms with E-state index >= 15 is 0 Å². The summed E-state index contributed by atoms with van der Waals surface area (Å²) in [6.07, 6.45) is 0. The van der Waals surface area contributed by atoms with Gasteiger partial charge in [0.05, 0.1) is 11.1 Å². The molecule has 0 bridgehead atoms. The van der Waals surface area contributed by atoms with Crippen LogP contribution in [0.15, 0.2) is 203 Å². The molecule has 0 N–H and O–H groups in total. The van der Waals surface area contributed by atoms with Crippen LogP contribution < -0.4 is 4.90 Å². The molecule has 1 aliphatic carbocycles. The summed E-state index contributed by atoms with van der Waals surface area (Å²) in [5.74, 6) is 0. The maximum Gasteiger partial charge on any atom is 0.137 e. The molecule has 0 radical (unpaired) electrons. The Morgan fingerprint density at radius 3 is 1.67 bits per heavy atom. The molecule has 0 spiro atoms. The molecule has 0 saturated carbocycles. The smallest absolute Gasteiger partial charge is 0.137 e. The summed E-state index contributed by atoms with van der Waals surface area (Å²) in [5, 5.41) is 2.23. The SMILES string of the molecule is Brc1ccccc1C1(c2ccccc2N(c2ccc(-c3ccccc3)cc2)c2ccc3c(c2)oc2ccccc23)c2ccccc2-c2ccccc21. The number of fused-ring (bicyclic) bond motifs is 6. The lowest BCUT2D eigenvalue weighted by atomic mass is 9.67. The zero-order chi connectivity index (χ0) is 34.6. The molecule has 0 fully saturated rings. The van der Waals surface area contributed by atoms with E-state index in [-0.39, 0.29) is 0 Å². The summed E-state index contributed by atoms with van der Waals surface area (Å²) in [6, 6.07) is 69.8. The maximum absolute atomic E-state index is 6.49. The molecule has 2 nitrogen and oxygen atoms in total. The fourth-order valence-electron chi connectivity index (χ4n) is 8.43. The Morgan fingerprint density at radius 1 is 0.404 bits per heavy atom. The first-order valence-electron chi connectivity index (χ1n) is 17.6. The van der Waals surface area contributed by atoms with Gasteiger partial charge < -0.3 is 9.32 Å². The van der Waals surface area contributed by atoms with Crippen LogP contribution in [0, 0.1) is 0 Å². The van der Waals surface area contributed by atoms with Crippen LogP contribution in [0.3, 0.4) is 0 Å². The van der Waals surface area contributed by atoms with Gasteiger partial charge in [0.2, 0.25) is 0 Å². The second kappa shape index (κ2) is 12.3. The number of furan rings is 1. The van der Waals surface area contributed by atoms with Crippen molar-refractivity contribution >= 4 is 54.9 Å². The summed E-state index contributed by atoms with van der Waals surface area (Å²) in [7, 11) is 0. The molecule has 0 saturated heterocycles. The van der Waals surface area contributed by atoms with Crippen molar-refractivity contribution in [2.75, 3.05) is 4.90 Å². The van der Waals surface area contributed by atoms with E-state index in [1.165, 1.54) is 44.5 Å². The second-order valence-corrected chi connectivity index (χ2v) is 14.2. The quantitative estimate of drug-likeness (QED) is 0.169. The van der Waals surface area contributed by atoms with Crippen LogP contribution >= 0.6 is 15.9 Å².